The fourth-order valence-electron chi connectivity index (χ4n) is 1.94. The number of nitrogens with zero attached hydrogens (tertiary/aromatic N) is 1. The molecule has 0 spiro atoms. The van der Waals surface area contributed by atoms with E-state index in [1.54, 1.807) is 6.08 Å². The maximum atomic E-state index is 6.21. The molecule has 0 bridgehead atoms. The third-order valence-corrected chi connectivity index (χ3v) is 3.12. The summed E-state index contributed by atoms with van der Waals surface area (Å²) in [6.45, 7) is 8.73. The van der Waals surface area contributed by atoms with E-state index in [0.717, 1.165) is 18.1 Å². The van der Waals surface area contributed by atoms with E-state index in [1.807, 2.05) is 19.1 Å². The van der Waals surface area contributed by atoms with Crippen molar-refractivity contribution in [2.75, 3.05) is 26.3 Å². The largest absolute Gasteiger partial charge is 0.486 e. The molecule has 122 valence electrons. The van der Waals surface area contributed by atoms with Crippen LogP contribution in [0.1, 0.15) is 12.5 Å². The summed E-state index contributed by atoms with van der Waals surface area (Å²) in [5.74, 6) is 2.04. The van der Waals surface area contributed by atoms with Crippen LogP contribution in [-0.4, -0.2) is 32.3 Å². The minimum absolute atomic E-state index is 0. The molecule has 2 rings (SSSR count). The zero-order chi connectivity index (χ0) is 15.1. The summed E-state index contributed by atoms with van der Waals surface area (Å²) in [6.07, 6.45) is 1.79. The molecular weight excluding hydrogens is 417 g/mol. The third-order valence-electron chi connectivity index (χ3n) is 2.83. The third kappa shape index (κ3) is 5.24. The lowest BCUT2D eigenvalue weighted by Crippen LogP contribution is -2.37. The lowest BCUT2D eigenvalue weighted by molar-refractivity contribution is 0.171. The highest BCUT2D eigenvalue weighted by molar-refractivity contribution is 14.0. The highest BCUT2D eigenvalue weighted by Crippen LogP contribution is 2.38. The van der Waals surface area contributed by atoms with Crippen molar-refractivity contribution < 1.29 is 9.47 Å². The van der Waals surface area contributed by atoms with Gasteiger partial charge in [-0.1, -0.05) is 17.7 Å². The van der Waals surface area contributed by atoms with Gasteiger partial charge >= 0.3 is 0 Å². The van der Waals surface area contributed by atoms with Crippen LogP contribution in [0, 0.1) is 0 Å². The van der Waals surface area contributed by atoms with Crippen LogP contribution in [0.5, 0.6) is 11.5 Å². The van der Waals surface area contributed by atoms with Gasteiger partial charge in [-0.05, 0) is 24.6 Å². The van der Waals surface area contributed by atoms with Gasteiger partial charge in [-0.3, -0.25) is 0 Å². The summed E-state index contributed by atoms with van der Waals surface area (Å²) in [5.41, 5.74) is 0.972. The Balaban J connectivity index is 0.00000242. The molecule has 2 N–H and O–H groups in total. The van der Waals surface area contributed by atoms with Gasteiger partial charge in [-0.2, -0.15) is 0 Å². The van der Waals surface area contributed by atoms with E-state index in [4.69, 9.17) is 21.1 Å². The van der Waals surface area contributed by atoms with E-state index in [1.165, 1.54) is 0 Å². The molecule has 0 atom stereocenters. The standard InChI is InChI=1S/C15H20ClN3O2.HI/c1-3-5-18-15(17-4-2)19-10-11-8-12(16)14-13(9-11)20-6-7-21-14;/h3,8-9H,1,4-7,10H2,2H3,(H2,17,18,19);1H. The summed E-state index contributed by atoms with van der Waals surface area (Å²) in [5, 5.41) is 6.87. The maximum Gasteiger partial charge on any atom is 0.191 e. The normalized spacial score (nSPS) is 13.1. The lowest BCUT2D eigenvalue weighted by atomic mass is 10.2. The lowest BCUT2D eigenvalue weighted by Gasteiger charge is -2.20. The van der Waals surface area contributed by atoms with Crippen molar-refractivity contribution in [2.45, 2.75) is 13.5 Å². The molecule has 7 heteroatoms. The Morgan fingerprint density at radius 3 is 2.86 bits per heavy atom. The van der Waals surface area contributed by atoms with Crippen LogP contribution in [0.2, 0.25) is 5.02 Å². The van der Waals surface area contributed by atoms with Crippen LogP contribution in [0.4, 0.5) is 0 Å². The van der Waals surface area contributed by atoms with Crippen LogP contribution >= 0.6 is 35.6 Å². The SMILES string of the molecule is C=CCNC(=NCc1cc(Cl)c2c(c1)OCCO2)NCC.I. The second-order valence-electron chi connectivity index (χ2n) is 4.47. The van der Waals surface area contributed by atoms with Crippen LogP contribution in [0.15, 0.2) is 29.8 Å². The highest BCUT2D eigenvalue weighted by Gasteiger charge is 2.16. The zero-order valence-corrected chi connectivity index (χ0v) is 15.6. The van der Waals surface area contributed by atoms with Crippen molar-refractivity contribution in [1.29, 1.82) is 0 Å². The number of ether oxygens (including phenoxy) is 2. The Labute approximate surface area is 153 Å². The van der Waals surface area contributed by atoms with E-state index < -0.39 is 0 Å². The van der Waals surface area contributed by atoms with Crippen molar-refractivity contribution in [3.05, 3.63) is 35.4 Å². The Kier molecular flexibility index (Phi) is 8.40. The van der Waals surface area contributed by atoms with Crippen LogP contribution < -0.4 is 20.1 Å². The Hall–Kier alpha value is -1.15. The predicted molar refractivity (Wildman–Crippen MR) is 101 cm³/mol. The number of rotatable bonds is 5. The van der Waals surface area contributed by atoms with Crippen LogP contribution in [0.3, 0.4) is 0 Å². The molecule has 1 heterocycles. The summed E-state index contributed by atoms with van der Waals surface area (Å²) in [4.78, 5) is 4.50. The molecule has 0 fully saturated rings. The van der Waals surface area contributed by atoms with Crippen molar-refractivity contribution in [2.24, 2.45) is 4.99 Å². The second kappa shape index (κ2) is 9.78. The summed E-state index contributed by atoms with van der Waals surface area (Å²) in [7, 11) is 0. The smallest absolute Gasteiger partial charge is 0.191 e. The van der Waals surface area contributed by atoms with E-state index in [0.29, 0.717) is 42.8 Å². The first-order chi connectivity index (χ1) is 10.2. The van der Waals surface area contributed by atoms with Gasteiger partial charge in [0.2, 0.25) is 0 Å². The molecule has 0 aliphatic carbocycles. The molecule has 0 radical (unpaired) electrons. The number of fused-ring (bicyclic) bond motifs is 1. The highest BCUT2D eigenvalue weighted by atomic mass is 127. The Morgan fingerprint density at radius 1 is 1.36 bits per heavy atom. The summed E-state index contributed by atoms with van der Waals surface area (Å²) < 4.78 is 11.1. The van der Waals surface area contributed by atoms with Crippen molar-refractivity contribution in [3.8, 4) is 11.5 Å². The molecular formula is C15H21ClIN3O2. The molecule has 5 nitrogen and oxygen atoms in total. The van der Waals surface area contributed by atoms with Crippen LogP contribution in [-0.2, 0) is 6.54 Å². The number of guanidine groups is 1. The van der Waals surface area contributed by atoms with E-state index in [2.05, 4.69) is 22.2 Å². The molecule has 0 aromatic heterocycles. The Bertz CT molecular complexity index is 538. The van der Waals surface area contributed by atoms with Gasteiger partial charge in [0.15, 0.2) is 17.5 Å². The molecule has 1 aliphatic rings. The number of nitrogens with one attached hydrogen (secondary N) is 2. The van der Waals surface area contributed by atoms with E-state index >= 15 is 0 Å². The van der Waals surface area contributed by atoms with Gasteiger partial charge in [-0.15, -0.1) is 30.6 Å². The molecule has 0 saturated heterocycles. The predicted octanol–water partition coefficient (Wildman–Crippen LogP) is 2.97. The Morgan fingerprint density at radius 2 is 2.14 bits per heavy atom. The molecule has 1 aromatic rings. The molecule has 22 heavy (non-hydrogen) atoms. The fraction of sp³-hybridized carbons (Fsp3) is 0.400. The van der Waals surface area contributed by atoms with E-state index in [9.17, 15) is 0 Å². The van der Waals surface area contributed by atoms with Gasteiger partial charge < -0.3 is 20.1 Å². The summed E-state index contributed by atoms with van der Waals surface area (Å²) >= 11 is 6.21. The first-order valence-electron chi connectivity index (χ1n) is 6.95. The molecule has 0 unspecified atom stereocenters. The number of halogens is 2. The quantitative estimate of drug-likeness (QED) is 0.322. The van der Waals surface area contributed by atoms with E-state index in [-0.39, 0.29) is 24.0 Å². The monoisotopic (exact) mass is 437 g/mol. The average molecular weight is 438 g/mol. The van der Waals surface area contributed by atoms with Crippen LogP contribution in [0.25, 0.3) is 0 Å². The molecule has 0 amide bonds. The minimum Gasteiger partial charge on any atom is -0.486 e. The maximum absolute atomic E-state index is 6.21. The first-order valence-corrected chi connectivity index (χ1v) is 7.33. The average Bonchev–Trinajstić information content (AvgIpc) is 2.50. The molecule has 1 aromatic carbocycles. The molecule has 1 aliphatic heterocycles. The molecule has 0 saturated carbocycles. The number of aliphatic imine (C=N–C) groups is 1. The first kappa shape index (κ1) is 18.9. The second-order valence-corrected chi connectivity index (χ2v) is 4.87. The van der Waals surface area contributed by atoms with Gasteiger partial charge in [0, 0.05) is 13.1 Å². The topological polar surface area (TPSA) is 54.9 Å². The number of benzene rings is 1. The van der Waals surface area contributed by atoms with Gasteiger partial charge in [0.1, 0.15) is 13.2 Å². The minimum atomic E-state index is 0. The van der Waals surface area contributed by atoms with Crippen molar-refractivity contribution in [3.63, 3.8) is 0 Å². The fourth-order valence-corrected chi connectivity index (χ4v) is 2.22. The number of hydrogen-bond donors (Lipinski definition) is 2. The summed E-state index contributed by atoms with van der Waals surface area (Å²) in [6, 6.07) is 3.77. The van der Waals surface area contributed by atoms with Gasteiger partial charge in [0.05, 0.1) is 11.6 Å². The van der Waals surface area contributed by atoms with Crippen molar-refractivity contribution in [1.82, 2.24) is 10.6 Å². The van der Waals surface area contributed by atoms with Gasteiger partial charge in [-0.25, -0.2) is 4.99 Å². The van der Waals surface area contributed by atoms with Crippen molar-refractivity contribution >= 4 is 41.5 Å². The zero-order valence-electron chi connectivity index (χ0n) is 12.5. The van der Waals surface area contributed by atoms with Gasteiger partial charge in [0.25, 0.3) is 0 Å². The number of hydrogen-bond acceptors (Lipinski definition) is 3.